The Morgan fingerprint density at radius 3 is 2.41 bits per heavy atom. The van der Waals surface area contributed by atoms with Crippen LogP contribution in [0.3, 0.4) is 0 Å². The fourth-order valence-electron chi connectivity index (χ4n) is 3.63. The highest BCUT2D eigenvalue weighted by atomic mass is 32.2. The maximum atomic E-state index is 13.4. The molecule has 0 bridgehead atoms. The molecule has 2 aromatic carbocycles. The molecule has 29 heavy (non-hydrogen) atoms. The van der Waals surface area contributed by atoms with Gasteiger partial charge < -0.3 is 0 Å². The van der Waals surface area contributed by atoms with Crippen molar-refractivity contribution in [3.05, 3.63) is 64.2 Å². The average Bonchev–Trinajstić information content (AvgIpc) is 2.68. The summed E-state index contributed by atoms with van der Waals surface area (Å²) in [6, 6.07) is 12.7. The number of nitro benzene ring substituents is 1. The first-order valence-corrected chi connectivity index (χ1v) is 10.9. The number of nitrogens with zero attached hydrogens (tertiary/aromatic N) is 3. The standard InChI is InChI=1S/C20H24N4O4S/c1-15-7-6-8-16(2)23(15)29(27,28)20-13-18(24(25)26)11-12-19(20)22-21-14-17-9-4-3-5-10-17/h3-5,9-16,22H,6-8H2,1-2H3/b21-14-/t15-,16-/m0/s1. The first-order chi connectivity index (χ1) is 13.8. The van der Waals surface area contributed by atoms with Gasteiger partial charge in [-0.25, -0.2) is 8.42 Å². The van der Waals surface area contributed by atoms with Gasteiger partial charge in [-0.15, -0.1) is 0 Å². The van der Waals surface area contributed by atoms with E-state index in [-0.39, 0.29) is 28.4 Å². The number of hydrogen-bond donors (Lipinski definition) is 1. The normalized spacial score (nSPS) is 20.6. The fraction of sp³-hybridized carbons (Fsp3) is 0.350. The van der Waals surface area contributed by atoms with Crippen LogP contribution in [0.1, 0.15) is 38.7 Å². The SMILES string of the molecule is C[C@H]1CCC[C@H](C)N1S(=O)(=O)c1cc([N+](=O)[O-])ccc1N/N=C\c1ccccc1. The predicted octanol–water partition coefficient (Wildman–Crippen LogP) is 3.99. The Labute approximate surface area is 170 Å². The number of anilines is 1. The number of nitro groups is 1. The molecule has 0 aliphatic carbocycles. The molecule has 0 spiro atoms. The predicted molar refractivity (Wildman–Crippen MR) is 113 cm³/mol. The van der Waals surface area contributed by atoms with Crippen LogP contribution in [0, 0.1) is 10.1 Å². The molecule has 1 N–H and O–H groups in total. The van der Waals surface area contributed by atoms with Gasteiger partial charge in [0.05, 0.1) is 16.8 Å². The second kappa shape index (κ2) is 8.71. The summed E-state index contributed by atoms with van der Waals surface area (Å²) >= 11 is 0. The molecule has 9 heteroatoms. The highest BCUT2D eigenvalue weighted by molar-refractivity contribution is 7.89. The fourth-order valence-corrected chi connectivity index (χ4v) is 5.68. The molecule has 0 saturated carbocycles. The lowest BCUT2D eigenvalue weighted by Crippen LogP contribution is -2.47. The van der Waals surface area contributed by atoms with Crippen molar-refractivity contribution >= 4 is 27.6 Å². The lowest BCUT2D eigenvalue weighted by molar-refractivity contribution is -0.385. The zero-order chi connectivity index (χ0) is 21.0. The van der Waals surface area contributed by atoms with Crippen molar-refractivity contribution in [3.8, 4) is 0 Å². The summed E-state index contributed by atoms with van der Waals surface area (Å²) in [5, 5.41) is 15.4. The summed E-state index contributed by atoms with van der Waals surface area (Å²) in [5.74, 6) is 0. The number of hydrogen-bond acceptors (Lipinski definition) is 6. The summed E-state index contributed by atoms with van der Waals surface area (Å²) in [6.45, 7) is 3.73. The molecule has 1 aliphatic heterocycles. The molecule has 8 nitrogen and oxygen atoms in total. The van der Waals surface area contributed by atoms with E-state index in [2.05, 4.69) is 10.5 Å². The van der Waals surface area contributed by atoms with E-state index in [9.17, 15) is 18.5 Å². The van der Waals surface area contributed by atoms with Gasteiger partial charge >= 0.3 is 0 Å². The Bertz CT molecular complexity index is 998. The van der Waals surface area contributed by atoms with Crippen molar-refractivity contribution in [2.45, 2.75) is 50.1 Å². The first kappa shape index (κ1) is 20.9. The third kappa shape index (κ3) is 4.63. The summed E-state index contributed by atoms with van der Waals surface area (Å²) in [5.41, 5.74) is 3.50. The minimum Gasteiger partial charge on any atom is -0.277 e. The summed E-state index contributed by atoms with van der Waals surface area (Å²) in [7, 11) is -3.95. The van der Waals surface area contributed by atoms with Gasteiger partial charge in [-0.3, -0.25) is 15.5 Å². The number of non-ortho nitro benzene ring substituents is 1. The zero-order valence-corrected chi connectivity index (χ0v) is 17.2. The Kier molecular flexibility index (Phi) is 6.29. The van der Waals surface area contributed by atoms with Gasteiger partial charge in [-0.2, -0.15) is 9.41 Å². The maximum absolute atomic E-state index is 13.4. The molecule has 1 saturated heterocycles. The molecular weight excluding hydrogens is 392 g/mol. The first-order valence-electron chi connectivity index (χ1n) is 9.47. The minimum absolute atomic E-state index is 0.141. The van der Waals surface area contributed by atoms with Crippen molar-refractivity contribution in [1.82, 2.24) is 4.31 Å². The summed E-state index contributed by atoms with van der Waals surface area (Å²) < 4.78 is 28.4. The van der Waals surface area contributed by atoms with Crippen LogP contribution in [0.2, 0.25) is 0 Å². The molecule has 0 radical (unpaired) electrons. The molecule has 3 rings (SSSR count). The Balaban J connectivity index is 1.99. The molecule has 1 aliphatic rings. The second-order valence-corrected chi connectivity index (χ2v) is 8.99. The summed E-state index contributed by atoms with van der Waals surface area (Å²) in [6.07, 6.45) is 4.03. The quantitative estimate of drug-likeness (QED) is 0.435. The Morgan fingerprint density at radius 1 is 1.14 bits per heavy atom. The zero-order valence-electron chi connectivity index (χ0n) is 16.4. The number of hydrazone groups is 1. The van der Waals surface area contributed by atoms with Crippen molar-refractivity contribution < 1.29 is 13.3 Å². The Morgan fingerprint density at radius 2 is 1.79 bits per heavy atom. The van der Waals surface area contributed by atoms with E-state index in [1.165, 1.54) is 16.4 Å². The van der Waals surface area contributed by atoms with Crippen LogP contribution in [0.15, 0.2) is 58.5 Å². The second-order valence-electron chi connectivity index (χ2n) is 7.18. The number of nitrogens with one attached hydrogen (secondary N) is 1. The van der Waals surface area contributed by atoms with Crippen LogP contribution < -0.4 is 5.43 Å². The number of sulfonamides is 1. The average molecular weight is 417 g/mol. The molecule has 1 fully saturated rings. The van der Waals surface area contributed by atoms with Gasteiger partial charge in [0.1, 0.15) is 4.90 Å². The van der Waals surface area contributed by atoms with Crippen molar-refractivity contribution in [2.75, 3.05) is 5.43 Å². The summed E-state index contributed by atoms with van der Waals surface area (Å²) in [4.78, 5) is 10.5. The highest BCUT2D eigenvalue weighted by Crippen LogP contribution is 2.34. The molecule has 0 aromatic heterocycles. The number of piperidine rings is 1. The van der Waals surface area contributed by atoms with E-state index in [1.807, 2.05) is 44.2 Å². The topological polar surface area (TPSA) is 105 Å². The number of benzene rings is 2. The van der Waals surface area contributed by atoms with Gasteiger partial charge in [0, 0.05) is 24.2 Å². The largest absolute Gasteiger partial charge is 0.277 e. The minimum atomic E-state index is -3.95. The smallest absolute Gasteiger partial charge is 0.270 e. The van der Waals surface area contributed by atoms with E-state index in [1.54, 1.807) is 6.21 Å². The lowest BCUT2D eigenvalue weighted by Gasteiger charge is -2.37. The van der Waals surface area contributed by atoms with Gasteiger partial charge in [-0.1, -0.05) is 36.8 Å². The molecule has 1 heterocycles. The van der Waals surface area contributed by atoms with Crippen molar-refractivity contribution in [2.24, 2.45) is 5.10 Å². The van der Waals surface area contributed by atoms with Gasteiger partial charge in [0.25, 0.3) is 5.69 Å². The van der Waals surface area contributed by atoms with Crippen LogP contribution in [-0.4, -0.2) is 35.9 Å². The monoisotopic (exact) mass is 416 g/mol. The number of rotatable bonds is 6. The van der Waals surface area contributed by atoms with Gasteiger partial charge in [0.2, 0.25) is 10.0 Å². The van der Waals surface area contributed by atoms with Crippen LogP contribution in [0.5, 0.6) is 0 Å². The van der Waals surface area contributed by atoms with Crippen LogP contribution in [-0.2, 0) is 10.0 Å². The van der Waals surface area contributed by atoms with Gasteiger partial charge in [-0.05, 0) is 38.3 Å². The molecule has 0 amide bonds. The Hall–Kier alpha value is -2.78. The van der Waals surface area contributed by atoms with Crippen LogP contribution >= 0.6 is 0 Å². The van der Waals surface area contributed by atoms with E-state index < -0.39 is 14.9 Å². The van der Waals surface area contributed by atoms with E-state index in [0.717, 1.165) is 30.9 Å². The highest BCUT2D eigenvalue weighted by Gasteiger charge is 2.37. The maximum Gasteiger partial charge on any atom is 0.270 e. The van der Waals surface area contributed by atoms with Crippen LogP contribution in [0.4, 0.5) is 11.4 Å². The molecule has 154 valence electrons. The van der Waals surface area contributed by atoms with Crippen LogP contribution in [0.25, 0.3) is 0 Å². The molecule has 2 aromatic rings. The molecular formula is C20H24N4O4S. The lowest BCUT2D eigenvalue weighted by atomic mass is 10.0. The van der Waals surface area contributed by atoms with E-state index in [4.69, 9.17) is 0 Å². The van der Waals surface area contributed by atoms with E-state index in [0.29, 0.717) is 0 Å². The van der Waals surface area contributed by atoms with Crippen molar-refractivity contribution in [3.63, 3.8) is 0 Å². The molecule has 2 atom stereocenters. The van der Waals surface area contributed by atoms with Crippen molar-refractivity contribution in [1.29, 1.82) is 0 Å². The third-order valence-electron chi connectivity index (χ3n) is 5.04. The van der Waals surface area contributed by atoms with Gasteiger partial charge in [0.15, 0.2) is 0 Å². The van der Waals surface area contributed by atoms with E-state index >= 15 is 0 Å². The third-order valence-corrected chi connectivity index (χ3v) is 7.21. The molecule has 0 unspecified atom stereocenters.